The number of hydrogen-bond donors (Lipinski definition) is 1. The van der Waals surface area contributed by atoms with Gasteiger partial charge in [-0.1, -0.05) is 53.7 Å². The number of benzene rings is 1. The van der Waals surface area contributed by atoms with Crippen molar-refractivity contribution in [3.63, 3.8) is 0 Å². The standard InChI is InChI=1S/C14H15NO/c16-15-11-14-9-5-4-8-13(14)10-12-6-2-1-3-7-12/h1-6,8-9,11-12,16H,7,10H2/b15-11+. The third-order valence-electron chi connectivity index (χ3n) is 2.80. The lowest BCUT2D eigenvalue weighted by molar-refractivity contribution is 0.322. The fourth-order valence-corrected chi connectivity index (χ4v) is 1.97. The molecule has 1 unspecified atom stereocenters. The van der Waals surface area contributed by atoms with Crippen LogP contribution in [-0.4, -0.2) is 11.4 Å². The number of oxime groups is 1. The van der Waals surface area contributed by atoms with Crippen LogP contribution in [0.3, 0.4) is 0 Å². The summed E-state index contributed by atoms with van der Waals surface area (Å²) in [6.07, 6.45) is 12.2. The van der Waals surface area contributed by atoms with E-state index in [4.69, 9.17) is 5.21 Å². The Kier molecular flexibility index (Phi) is 3.54. The Bertz CT molecular complexity index is 432. The van der Waals surface area contributed by atoms with Crippen molar-refractivity contribution in [3.05, 3.63) is 59.7 Å². The van der Waals surface area contributed by atoms with Gasteiger partial charge in [0.15, 0.2) is 0 Å². The molecule has 1 N–H and O–H groups in total. The third kappa shape index (κ3) is 2.60. The van der Waals surface area contributed by atoms with Gasteiger partial charge in [-0.2, -0.15) is 0 Å². The summed E-state index contributed by atoms with van der Waals surface area (Å²) in [5.41, 5.74) is 2.22. The summed E-state index contributed by atoms with van der Waals surface area (Å²) >= 11 is 0. The second-order valence-electron chi connectivity index (χ2n) is 3.96. The van der Waals surface area contributed by atoms with Crippen LogP contribution in [0.2, 0.25) is 0 Å². The summed E-state index contributed by atoms with van der Waals surface area (Å²) < 4.78 is 0. The molecule has 0 saturated heterocycles. The van der Waals surface area contributed by atoms with Crippen molar-refractivity contribution < 1.29 is 5.21 Å². The number of rotatable bonds is 3. The van der Waals surface area contributed by atoms with Gasteiger partial charge < -0.3 is 5.21 Å². The minimum atomic E-state index is 0.554. The van der Waals surface area contributed by atoms with E-state index in [1.54, 1.807) is 0 Å². The Morgan fingerprint density at radius 2 is 2.19 bits per heavy atom. The van der Waals surface area contributed by atoms with Crippen molar-refractivity contribution >= 4 is 6.21 Å². The summed E-state index contributed by atoms with van der Waals surface area (Å²) in [4.78, 5) is 0. The number of allylic oxidation sites excluding steroid dienone is 4. The highest BCUT2D eigenvalue weighted by Crippen LogP contribution is 2.19. The second kappa shape index (κ2) is 5.31. The molecule has 16 heavy (non-hydrogen) atoms. The minimum absolute atomic E-state index is 0.554. The van der Waals surface area contributed by atoms with Gasteiger partial charge in [0.1, 0.15) is 0 Å². The molecule has 1 aliphatic rings. The predicted molar refractivity (Wildman–Crippen MR) is 65.9 cm³/mol. The van der Waals surface area contributed by atoms with Crippen LogP contribution in [0.4, 0.5) is 0 Å². The van der Waals surface area contributed by atoms with Gasteiger partial charge in [0.05, 0.1) is 6.21 Å². The van der Waals surface area contributed by atoms with E-state index in [0.29, 0.717) is 5.92 Å². The maximum atomic E-state index is 8.59. The van der Waals surface area contributed by atoms with Gasteiger partial charge in [-0.25, -0.2) is 0 Å². The molecule has 0 saturated carbocycles. The van der Waals surface area contributed by atoms with E-state index >= 15 is 0 Å². The smallest absolute Gasteiger partial charge is 0.0736 e. The first-order valence-electron chi connectivity index (χ1n) is 5.49. The molecule has 0 fully saturated rings. The highest BCUT2D eigenvalue weighted by atomic mass is 16.4. The van der Waals surface area contributed by atoms with E-state index in [0.717, 1.165) is 18.4 Å². The van der Waals surface area contributed by atoms with Crippen LogP contribution >= 0.6 is 0 Å². The molecule has 0 aromatic heterocycles. The van der Waals surface area contributed by atoms with Gasteiger partial charge >= 0.3 is 0 Å². The first kappa shape index (κ1) is 10.7. The minimum Gasteiger partial charge on any atom is -0.411 e. The Hall–Kier alpha value is -1.83. The third-order valence-corrected chi connectivity index (χ3v) is 2.80. The summed E-state index contributed by atoms with van der Waals surface area (Å²) in [6.45, 7) is 0. The second-order valence-corrected chi connectivity index (χ2v) is 3.96. The van der Waals surface area contributed by atoms with Crippen LogP contribution in [0, 0.1) is 5.92 Å². The highest BCUT2D eigenvalue weighted by Gasteiger charge is 2.08. The molecule has 2 nitrogen and oxygen atoms in total. The zero-order chi connectivity index (χ0) is 11.2. The van der Waals surface area contributed by atoms with Crippen LogP contribution in [0.5, 0.6) is 0 Å². The van der Waals surface area contributed by atoms with E-state index in [1.165, 1.54) is 11.8 Å². The SMILES string of the molecule is O/N=C/c1ccccc1CC1C=CC=CC1. The largest absolute Gasteiger partial charge is 0.411 e. The van der Waals surface area contributed by atoms with Crippen molar-refractivity contribution in [2.75, 3.05) is 0 Å². The Morgan fingerprint density at radius 3 is 2.94 bits per heavy atom. The monoisotopic (exact) mass is 213 g/mol. The maximum absolute atomic E-state index is 8.59. The fraction of sp³-hybridized carbons (Fsp3) is 0.214. The molecule has 2 heteroatoms. The van der Waals surface area contributed by atoms with Crippen molar-refractivity contribution in [3.8, 4) is 0 Å². The molecule has 1 atom stereocenters. The molecule has 82 valence electrons. The zero-order valence-corrected chi connectivity index (χ0v) is 9.08. The normalized spacial score (nSPS) is 19.4. The molecule has 1 aromatic rings. The maximum Gasteiger partial charge on any atom is 0.0736 e. The van der Waals surface area contributed by atoms with Crippen molar-refractivity contribution in [2.24, 2.45) is 11.1 Å². The molecule has 0 spiro atoms. The van der Waals surface area contributed by atoms with E-state index in [1.807, 2.05) is 18.2 Å². The van der Waals surface area contributed by atoms with Gasteiger partial charge in [0, 0.05) is 0 Å². The Balaban J connectivity index is 2.14. The lowest BCUT2D eigenvalue weighted by Gasteiger charge is -2.14. The predicted octanol–water partition coefficient (Wildman–Crippen LogP) is 3.17. The molecule has 0 bridgehead atoms. The lowest BCUT2D eigenvalue weighted by Crippen LogP contribution is -2.04. The fourth-order valence-electron chi connectivity index (χ4n) is 1.97. The van der Waals surface area contributed by atoms with E-state index in [2.05, 4.69) is 35.5 Å². The van der Waals surface area contributed by atoms with Crippen molar-refractivity contribution in [1.29, 1.82) is 0 Å². The topological polar surface area (TPSA) is 32.6 Å². The molecule has 0 heterocycles. The lowest BCUT2D eigenvalue weighted by atomic mass is 9.91. The van der Waals surface area contributed by atoms with Gasteiger partial charge in [-0.15, -0.1) is 0 Å². The van der Waals surface area contributed by atoms with Gasteiger partial charge in [0.2, 0.25) is 0 Å². The zero-order valence-electron chi connectivity index (χ0n) is 9.08. The summed E-state index contributed by atoms with van der Waals surface area (Å²) in [5, 5.41) is 11.7. The highest BCUT2D eigenvalue weighted by molar-refractivity contribution is 5.81. The molecular weight excluding hydrogens is 198 g/mol. The van der Waals surface area contributed by atoms with Crippen LogP contribution in [-0.2, 0) is 6.42 Å². The van der Waals surface area contributed by atoms with E-state index < -0.39 is 0 Å². The summed E-state index contributed by atoms with van der Waals surface area (Å²) in [5.74, 6) is 0.554. The average Bonchev–Trinajstić information content (AvgIpc) is 2.33. The molecule has 1 aromatic carbocycles. The Labute approximate surface area is 95.6 Å². The van der Waals surface area contributed by atoms with Gasteiger partial charge in [-0.05, 0) is 29.9 Å². The molecule has 0 radical (unpaired) electrons. The first-order chi connectivity index (χ1) is 7.90. The van der Waals surface area contributed by atoms with Crippen molar-refractivity contribution in [1.82, 2.24) is 0 Å². The van der Waals surface area contributed by atoms with Crippen LogP contribution in [0.25, 0.3) is 0 Å². The molecule has 1 aliphatic carbocycles. The van der Waals surface area contributed by atoms with Crippen molar-refractivity contribution in [2.45, 2.75) is 12.8 Å². The van der Waals surface area contributed by atoms with Crippen LogP contribution in [0.15, 0.2) is 53.7 Å². The number of nitrogens with zero attached hydrogens (tertiary/aromatic N) is 1. The Morgan fingerprint density at radius 1 is 1.31 bits per heavy atom. The van der Waals surface area contributed by atoms with Crippen LogP contribution < -0.4 is 0 Å². The summed E-state index contributed by atoms with van der Waals surface area (Å²) in [6, 6.07) is 8.03. The quantitative estimate of drug-likeness (QED) is 0.467. The van der Waals surface area contributed by atoms with E-state index in [9.17, 15) is 0 Å². The van der Waals surface area contributed by atoms with E-state index in [-0.39, 0.29) is 0 Å². The average molecular weight is 213 g/mol. The molecular formula is C14H15NO. The van der Waals surface area contributed by atoms with Gasteiger partial charge in [-0.3, -0.25) is 0 Å². The van der Waals surface area contributed by atoms with Gasteiger partial charge in [0.25, 0.3) is 0 Å². The van der Waals surface area contributed by atoms with Crippen LogP contribution in [0.1, 0.15) is 17.5 Å². The molecule has 0 amide bonds. The summed E-state index contributed by atoms with van der Waals surface area (Å²) in [7, 11) is 0. The number of hydrogen-bond acceptors (Lipinski definition) is 2. The molecule has 2 rings (SSSR count). The first-order valence-corrected chi connectivity index (χ1v) is 5.49. The molecule has 0 aliphatic heterocycles.